The lowest BCUT2D eigenvalue weighted by Gasteiger charge is -2.34. The SMILES string of the molecule is c1ccc(-c2ccc3ccc4ccc(-c5cccc(-c6nccc7c8c(ccc67)-c6ccccc6C8(c6ccccc6)c6ccccc6)c5)nc4c3n2)cc1. The molecule has 256 valence electrons. The van der Waals surface area contributed by atoms with Gasteiger partial charge in [0.05, 0.1) is 33.5 Å². The minimum absolute atomic E-state index is 0.499. The van der Waals surface area contributed by atoms with E-state index < -0.39 is 5.41 Å². The van der Waals surface area contributed by atoms with Crippen molar-refractivity contribution in [1.29, 1.82) is 0 Å². The molecular weight excluding hydrogens is 667 g/mol. The molecule has 0 spiro atoms. The molecule has 0 amide bonds. The van der Waals surface area contributed by atoms with Gasteiger partial charge in [0.15, 0.2) is 0 Å². The Hall–Kier alpha value is -7.23. The molecule has 3 heteroatoms. The molecule has 0 atom stereocenters. The number of benzene rings is 7. The summed E-state index contributed by atoms with van der Waals surface area (Å²) in [6.07, 6.45) is 1.98. The van der Waals surface area contributed by atoms with Gasteiger partial charge in [-0.2, -0.15) is 0 Å². The van der Waals surface area contributed by atoms with Gasteiger partial charge in [-0.05, 0) is 63.0 Å². The van der Waals surface area contributed by atoms with Crippen LogP contribution >= 0.6 is 0 Å². The standard InChI is InChI=1S/C52H33N3/c1-4-13-34(14-5-1)46-29-25-35-23-24-36-26-30-47(55-51(36)50(35)54-46)37-15-12-16-38(33-37)49-44-28-27-42-41-21-10-11-22-45(41)52(39-17-6-2-7-18-39,40-19-8-3-9-20-40)48(42)43(44)31-32-53-49/h1-33H. The van der Waals surface area contributed by atoms with Crippen molar-refractivity contribution < 1.29 is 0 Å². The summed E-state index contributed by atoms with van der Waals surface area (Å²) in [5.41, 5.74) is 14.9. The molecule has 1 aliphatic carbocycles. The van der Waals surface area contributed by atoms with Crippen molar-refractivity contribution in [1.82, 2.24) is 15.0 Å². The zero-order chi connectivity index (χ0) is 36.3. The van der Waals surface area contributed by atoms with Gasteiger partial charge in [-0.25, -0.2) is 9.97 Å². The number of nitrogens with zero attached hydrogens (tertiary/aromatic N) is 3. The van der Waals surface area contributed by atoms with E-state index in [9.17, 15) is 0 Å². The van der Waals surface area contributed by atoms with E-state index >= 15 is 0 Å². The van der Waals surface area contributed by atoms with Crippen molar-refractivity contribution in [2.75, 3.05) is 0 Å². The minimum atomic E-state index is -0.499. The highest BCUT2D eigenvalue weighted by atomic mass is 14.8. The van der Waals surface area contributed by atoms with Crippen LogP contribution < -0.4 is 0 Å². The molecule has 0 saturated heterocycles. The summed E-state index contributed by atoms with van der Waals surface area (Å²) in [6, 6.07) is 69.4. The number of hydrogen-bond acceptors (Lipinski definition) is 3. The van der Waals surface area contributed by atoms with E-state index in [1.165, 1.54) is 38.8 Å². The Morgan fingerprint density at radius 1 is 0.382 bits per heavy atom. The van der Waals surface area contributed by atoms with E-state index in [2.05, 4.69) is 176 Å². The first-order chi connectivity index (χ1) is 27.3. The van der Waals surface area contributed by atoms with Crippen molar-refractivity contribution in [2.45, 2.75) is 5.41 Å². The molecule has 0 saturated carbocycles. The summed E-state index contributed by atoms with van der Waals surface area (Å²) in [5, 5.41) is 4.46. The van der Waals surface area contributed by atoms with E-state index in [0.29, 0.717) is 0 Å². The first-order valence-corrected chi connectivity index (χ1v) is 18.8. The van der Waals surface area contributed by atoms with Crippen molar-refractivity contribution in [3.8, 4) is 44.9 Å². The van der Waals surface area contributed by atoms with Gasteiger partial charge in [0.1, 0.15) is 0 Å². The average molecular weight is 700 g/mol. The van der Waals surface area contributed by atoms with E-state index in [4.69, 9.17) is 15.0 Å². The molecule has 3 heterocycles. The van der Waals surface area contributed by atoms with Crippen LogP contribution in [0.15, 0.2) is 200 Å². The molecule has 0 fully saturated rings. The van der Waals surface area contributed by atoms with E-state index in [1.807, 2.05) is 24.4 Å². The molecule has 0 N–H and O–H groups in total. The van der Waals surface area contributed by atoms with Crippen LogP contribution in [0.4, 0.5) is 0 Å². The summed E-state index contributed by atoms with van der Waals surface area (Å²) >= 11 is 0. The molecule has 0 bridgehead atoms. The largest absolute Gasteiger partial charge is 0.256 e. The fraction of sp³-hybridized carbons (Fsp3) is 0.0192. The minimum Gasteiger partial charge on any atom is -0.256 e. The monoisotopic (exact) mass is 699 g/mol. The van der Waals surface area contributed by atoms with Crippen molar-refractivity contribution >= 4 is 32.6 Å². The summed E-state index contributed by atoms with van der Waals surface area (Å²) in [6.45, 7) is 0. The van der Waals surface area contributed by atoms with Gasteiger partial charge in [-0.1, -0.05) is 170 Å². The smallest absolute Gasteiger partial charge is 0.0972 e. The highest BCUT2D eigenvalue weighted by molar-refractivity contribution is 6.06. The maximum Gasteiger partial charge on any atom is 0.0972 e. The maximum atomic E-state index is 5.28. The predicted molar refractivity (Wildman–Crippen MR) is 226 cm³/mol. The lowest BCUT2D eigenvalue weighted by atomic mass is 9.66. The number of hydrogen-bond donors (Lipinski definition) is 0. The lowest BCUT2D eigenvalue weighted by Crippen LogP contribution is -2.28. The van der Waals surface area contributed by atoms with Crippen LogP contribution in [0.25, 0.3) is 77.5 Å². The topological polar surface area (TPSA) is 38.7 Å². The van der Waals surface area contributed by atoms with Crippen LogP contribution in [0.2, 0.25) is 0 Å². The molecule has 55 heavy (non-hydrogen) atoms. The highest BCUT2D eigenvalue weighted by Gasteiger charge is 2.47. The number of fused-ring (bicyclic) bond motifs is 8. The molecule has 7 aromatic carbocycles. The Balaban J connectivity index is 1.09. The summed E-state index contributed by atoms with van der Waals surface area (Å²) < 4.78 is 0. The van der Waals surface area contributed by atoms with Gasteiger partial charge in [-0.3, -0.25) is 4.98 Å². The number of rotatable bonds is 5. The predicted octanol–water partition coefficient (Wildman–Crippen LogP) is 12.7. The summed E-state index contributed by atoms with van der Waals surface area (Å²) in [7, 11) is 0. The van der Waals surface area contributed by atoms with Gasteiger partial charge in [0, 0.05) is 39.0 Å². The molecule has 11 rings (SSSR count). The van der Waals surface area contributed by atoms with Crippen LogP contribution in [-0.2, 0) is 5.41 Å². The Bertz CT molecular complexity index is 3040. The van der Waals surface area contributed by atoms with Crippen LogP contribution in [0.1, 0.15) is 22.3 Å². The number of pyridine rings is 3. The Morgan fingerprint density at radius 3 is 1.64 bits per heavy atom. The molecule has 1 aliphatic rings. The molecule has 3 nitrogen and oxygen atoms in total. The van der Waals surface area contributed by atoms with E-state index in [0.717, 1.165) is 61.0 Å². The van der Waals surface area contributed by atoms with Crippen molar-refractivity contribution in [2.24, 2.45) is 0 Å². The second-order valence-electron chi connectivity index (χ2n) is 14.3. The average Bonchev–Trinajstić information content (AvgIpc) is 3.58. The fourth-order valence-electron chi connectivity index (χ4n) is 8.96. The van der Waals surface area contributed by atoms with Crippen LogP contribution in [0, 0.1) is 0 Å². The van der Waals surface area contributed by atoms with E-state index in [1.54, 1.807) is 0 Å². The lowest BCUT2D eigenvalue weighted by molar-refractivity contribution is 0.775. The zero-order valence-electron chi connectivity index (χ0n) is 29.9. The number of aromatic nitrogens is 3. The van der Waals surface area contributed by atoms with Gasteiger partial charge in [-0.15, -0.1) is 0 Å². The third kappa shape index (κ3) is 4.80. The van der Waals surface area contributed by atoms with Gasteiger partial charge in [0.25, 0.3) is 0 Å². The zero-order valence-corrected chi connectivity index (χ0v) is 29.9. The molecule has 0 unspecified atom stereocenters. The third-order valence-electron chi connectivity index (χ3n) is 11.4. The molecule has 10 aromatic rings. The Labute approximate surface area is 319 Å². The molecule has 0 radical (unpaired) electrons. The Kier molecular flexibility index (Phi) is 7.08. The highest BCUT2D eigenvalue weighted by Crippen LogP contribution is 2.58. The van der Waals surface area contributed by atoms with Gasteiger partial charge >= 0.3 is 0 Å². The maximum absolute atomic E-state index is 5.28. The normalized spacial score (nSPS) is 12.9. The molecular formula is C52H33N3. The van der Waals surface area contributed by atoms with E-state index in [-0.39, 0.29) is 0 Å². The van der Waals surface area contributed by atoms with Crippen molar-refractivity contribution in [3.05, 3.63) is 223 Å². The van der Waals surface area contributed by atoms with Gasteiger partial charge < -0.3 is 0 Å². The first-order valence-electron chi connectivity index (χ1n) is 18.8. The van der Waals surface area contributed by atoms with Crippen molar-refractivity contribution in [3.63, 3.8) is 0 Å². The summed E-state index contributed by atoms with van der Waals surface area (Å²) in [5.74, 6) is 0. The fourth-order valence-corrected chi connectivity index (χ4v) is 8.96. The van der Waals surface area contributed by atoms with Crippen LogP contribution in [-0.4, -0.2) is 15.0 Å². The quantitative estimate of drug-likeness (QED) is 0.168. The van der Waals surface area contributed by atoms with Crippen LogP contribution in [0.3, 0.4) is 0 Å². The summed E-state index contributed by atoms with van der Waals surface area (Å²) in [4.78, 5) is 15.5. The first kappa shape index (κ1) is 31.3. The van der Waals surface area contributed by atoms with Gasteiger partial charge in [0.2, 0.25) is 0 Å². The third-order valence-corrected chi connectivity index (χ3v) is 11.4. The Morgan fingerprint density at radius 2 is 0.945 bits per heavy atom. The molecule has 3 aromatic heterocycles. The van der Waals surface area contributed by atoms with Crippen LogP contribution in [0.5, 0.6) is 0 Å². The second-order valence-corrected chi connectivity index (χ2v) is 14.3. The molecule has 0 aliphatic heterocycles. The second kappa shape index (κ2) is 12.4.